The highest BCUT2D eigenvalue weighted by atomic mass is 19.4. The van der Waals surface area contributed by atoms with Crippen molar-refractivity contribution >= 4 is 21.8 Å². The summed E-state index contributed by atoms with van der Waals surface area (Å²) >= 11 is 0. The van der Waals surface area contributed by atoms with E-state index in [9.17, 15) is 65.9 Å². The maximum Gasteiger partial charge on any atom is 0.417 e. The van der Waals surface area contributed by atoms with Gasteiger partial charge in [0.1, 0.15) is 0 Å². The van der Waals surface area contributed by atoms with Crippen LogP contribution in [0.1, 0.15) is 27.8 Å². The second-order valence-corrected chi connectivity index (χ2v) is 17.1. The van der Waals surface area contributed by atoms with Gasteiger partial charge < -0.3 is 4.57 Å². The topological polar surface area (TPSA) is 43.6 Å². The molecule has 0 saturated heterocycles. The molecule has 75 heavy (non-hydrogen) atoms. The van der Waals surface area contributed by atoms with Crippen LogP contribution in [0.4, 0.5) is 65.9 Å². The zero-order valence-corrected chi connectivity index (χ0v) is 37.7. The van der Waals surface area contributed by atoms with Crippen molar-refractivity contribution in [3.05, 3.63) is 204 Å². The number of fused-ring (bicyclic) bond motifs is 3. The molecule has 0 amide bonds. The summed E-state index contributed by atoms with van der Waals surface area (Å²) in [6, 6.07) is 35.3. The summed E-state index contributed by atoms with van der Waals surface area (Å²) < 4.78 is 217. The molecule has 0 saturated carbocycles. The van der Waals surface area contributed by atoms with E-state index in [1.165, 1.54) is 53.1 Å². The van der Waals surface area contributed by atoms with Gasteiger partial charge in [0.15, 0.2) is 17.5 Å². The lowest BCUT2D eigenvalue weighted by Gasteiger charge is -2.19. The molecule has 10 aromatic rings. The lowest BCUT2D eigenvalue weighted by atomic mass is 9.94. The molecule has 8 aromatic carbocycles. The summed E-state index contributed by atoms with van der Waals surface area (Å²) in [7, 11) is 0. The van der Waals surface area contributed by atoms with E-state index in [4.69, 9.17) is 15.0 Å². The molecule has 378 valence electrons. The molecule has 0 radical (unpaired) electrons. The Labute approximate surface area is 414 Å². The van der Waals surface area contributed by atoms with Gasteiger partial charge in [0, 0.05) is 27.5 Å². The normalized spacial score (nSPS) is 12.7. The summed E-state index contributed by atoms with van der Waals surface area (Å²) in [5.74, 6) is 0.264. The Balaban J connectivity index is 1.32. The molecule has 0 atom stereocenters. The Kier molecular flexibility index (Phi) is 12.1. The molecule has 0 aliphatic rings. The van der Waals surface area contributed by atoms with Gasteiger partial charge in [0.05, 0.1) is 44.5 Å². The van der Waals surface area contributed by atoms with Crippen molar-refractivity contribution in [2.75, 3.05) is 0 Å². The number of rotatable bonds is 7. The first-order valence-corrected chi connectivity index (χ1v) is 22.2. The van der Waals surface area contributed by atoms with Gasteiger partial charge in [-0.05, 0) is 100 Å². The number of hydrogen-bond donors (Lipinski definition) is 0. The summed E-state index contributed by atoms with van der Waals surface area (Å²) in [4.78, 5) is 14.4. The molecule has 2 aromatic heterocycles. The summed E-state index contributed by atoms with van der Waals surface area (Å²) in [5.41, 5.74) is -8.73. The lowest BCUT2D eigenvalue weighted by Crippen LogP contribution is -2.12. The van der Waals surface area contributed by atoms with Crippen molar-refractivity contribution in [2.24, 2.45) is 0 Å². The number of hydrogen-bond acceptors (Lipinski definition) is 3. The largest absolute Gasteiger partial charge is 0.417 e. The summed E-state index contributed by atoms with van der Waals surface area (Å²) in [6.45, 7) is 0. The smallest absolute Gasteiger partial charge is 0.308 e. The van der Waals surface area contributed by atoms with Crippen LogP contribution in [0.5, 0.6) is 0 Å². The van der Waals surface area contributed by atoms with Crippen LogP contribution in [0, 0.1) is 0 Å². The standard InChI is InChI=1S/C56H29F15N4/c57-52(58,59)35-18-21-38(44(28-35)55(66,67)68)32-16-23-46-41(25-32)42-26-33(39-22-19-36(53(60,61)62)29-45(39)56(69,70)71)17-24-47(42)75(46)48-27-34(37-13-7-8-14-43(37)54(63,64)65)15-20-40(48)51-73-49(30-9-3-1-4-10-30)72-50(74-51)31-11-5-2-6-12-31/h1-29H. The Bertz CT molecular complexity index is 3630. The van der Waals surface area contributed by atoms with Gasteiger partial charge in [-0.15, -0.1) is 0 Å². The van der Waals surface area contributed by atoms with Crippen molar-refractivity contribution in [3.63, 3.8) is 0 Å². The van der Waals surface area contributed by atoms with Gasteiger partial charge in [-0.1, -0.05) is 109 Å². The first-order valence-electron chi connectivity index (χ1n) is 22.2. The van der Waals surface area contributed by atoms with Gasteiger partial charge in [-0.3, -0.25) is 0 Å². The SMILES string of the molecule is FC(F)(F)c1ccc(-c2ccc3c(c2)c2cc(-c4ccc(C(F)(F)F)cc4C(F)(F)F)ccc2n3-c2cc(-c3ccccc3C(F)(F)F)ccc2-c2nc(-c3ccccc3)nc(-c3ccccc3)n2)c(C(F)(F)F)c1. The predicted octanol–water partition coefficient (Wildman–Crippen LogP) is 18.1. The monoisotopic (exact) mass is 1040 g/mol. The first kappa shape index (κ1) is 50.1. The highest BCUT2D eigenvalue weighted by Crippen LogP contribution is 2.47. The maximum atomic E-state index is 14.7. The third-order valence-electron chi connectivity index (χ3n) is 12.4. The number of benzene rings is 8. The van der Waals surface area contributed by atoms with E-state index in [1.807, 2.05) is 0 Å². The van der Waals surface area contributed by atoms with Crippen LogP contribution < -0.4 is 0 Å². The molecule has 2 heterocycles. The van der Waals surface area contributed by atoms with E-state index in [0.717, 1.165) is 30.3 Å². The van der Waals surface area contributed by atoms with Gasteiger partial charge in [0.2, 0.25) is 0 Å². The van der Waals surface area contributed by atoms with Crippen LogP contribution in [0.3, 0.4) is 0 Å². The quantitative estimate of drug-likeness (QED) is 0.149. The lowest BCUT2D eigenvalue weighted by molar-refractivity contribution is -0.144. The summed E-state index contributed by atoms with van der Waals surface area (Å²) in [5, 5.41) is -0.0917. The fourth-order valence-electron chi connectivity index (χ4n) is 9.02. The third kappa shape index (κ3) is 9.65. The molecule has 19 heteroatoms. The second kappa shape index (κ2) is 18.2. The van der Waals surface area contributed by atoms with Gasteiger partial charge in [-0.25, -0.2) is 15.0 Å². The van der Waals surface area contributed by atoms with Crippen LogP contribution in [-0.2, 0) is 30.9 Å². The maximum absolute atomic E-state index is 14.7. The van der Waals surface area contributed by atoms with Crippen molar-refractivity contribution in [1.82, 2.24) is 19.5 Å². The molecule has 0 unspecified atom stereocenters. The van der Waals surface area contributed by atoms with Crippen molar-refractivity contribution < 1.29 is 65.9 Å². The predicted molar refractivity (Wildman–Crippen MR) is 252 cm³/mol. The minimum Gasteiger partial charge on any atom is -0.308 e. The van der Waals surface area contributed by atoms with E-state index in [0.29, 0.717) is 35.4 Å². The highest BCUT2D eigenvalue weighted by Gasteiger charge is 2.40. The highest BCUT2D eigenvalue weighted by molar-refractivity contribution is 6.12. The molecular formula is C56H29F15N4. The summed E-state index contributed by atoms with van der Waals surface area (Å²) in [6.07, 6.45) is -26.0. The van der Waals surface area contributed by atoms with Crippen LogP contribution in [0.15, 0.2) is 176 Å². The minimum atomic E-state index is -5.35. The number of aromatic nitrogens is 4. The zero-order chi connectivity index (χ0) is 53.4. The fourth-order valence-corrected chi connectivity index (χ4v) is 9.02. The van der Waals surface area contributed by atoms with Gasteiger partial charge in [0.25, 0.3) is 0 Å². The van der Waals surface area contributed by atoms with Crippen molar-refractivity contribution in [1.29, 1.82) is 0 Å². The van der Waals surface area contributed by atoms with E-state index >= 15 is 0 Å². The third-order valence-corrected chi connectivity index (χ3v) is 12.4. The van der Waals surface area contributed by atoms with E-state index in [1.54, 1.807) is 60.7 Å². The van der Waals surface area contributed by atoms with Crippen molar-refractivity contribution in [2.45, 2.75) is 30.9 Å². The zero-order valence-electron chi connectivity index (χ0n) is 37.7. The van der Waals surface area contributed by atoms with Crippen LogP contribution in [-0.4, -0.2) is 19.5 Å². The Morgan fingerprint density at radius 2 is 0.653 bits per heavy atom. The van der Waals surface area contributed by atoms with E-state index in [2.05, 4.69) is 0 Å². The molecule has 0 bridgehead atoms. The van der Waals surface area contributed by atoms with Gasteiger partial charge >= 0.3 is 30.9 Å². The molecule has 0 fully saturated rings. The Morgan fingerprint density at radius 3 is 1.09 bits per heavy atom. The molecule has 10 rings (SSSR count). The second-order valence-electron chi connectivity index (χ2n) is 17.1. The molecule has 0 aliphatic heterocycles. The molecule has 0 N–H and O–H groups in total. The molecule has 4 nitrogen and oxygen atoms in total. The molecule has 0 spiro atoms. The van der Waals surface area contributed by atoms with Crippen LogP contribution >= 0.6 is 0 Å². The van der Waals surface area contributed by atoms with E-state index in [-0.39, 0.29) is 84.9 Å². The fraction of sp³-hybridized carbons (Fsp3) is 0.0893. The van der Waals surface area contributed by atoms with E-state index < -0.39 is 69.8 Å². The minimum absolute atomic E-state index is 0.0187. The first-order chi connectivity index (χ1) is 35.3. The number of alkyl halides is 15. The van der Waals surface area contributed by atoms with Gasteiger partial charge in [-0.2, -0.15) is 65.9 Å². The van der Waals surface area contributed by atoms with Crippen LogP contribution in [0.25, 0.3) is 95.0 Å². The average Bonchev–Trinajstić information content (AvgIpc) is 3.70. The van der Waals surface area contributed by atoms with Crippen LogP contribution in [0.2, 0.25) is 0 Å². The number of halogens is 15. The molecular weight excluding hydrogens is 1010 g/mol. The number of nitrogens with zero attached hydrogens (tertiary/aromatic N) is 4. The van der Waals surface area contributed by atoms with Crippen molar-refractivity contribution in [3.8, 4) is 73.2 Å². The molecule has 0 aliphatic carbocycles. The Hall–Kier alpha value is -8.48. The Morgan fingerprint density at radius 1 is 0.280 bits per heavy atom. The average molecular weight is 1040 g/mol.